The average Bonchev–Trinajstić information content (AvgIpc) is 3.34. The molecular formula is C20H24N6O2. The fraction of sp³-hybridized carbons (Fsp3) is 0.450. The summed E-state index contributed by atoms with van der Waals surface area (Å²) in [5.74, 6) is 2.18. The predicted molar refractivity (Wildman–Crippen MR) is 106 cm³/mol. The maximum atomic E-state index is 11.4. The largest absolute Gasteiger partial charge is 0.381 e. The third kappa shape index (κ3) is 4.17. The van der Waals surface area contributed by atoms with Crippen LogP contribution in [0.5, 0.6) is 0 Å². The maximum absolute atomic E-state index is 11.4. The minimum absolute atomic E-state index is 0.190. The first-order valence-corrected chi connectivity index (χ1v) is 9.56. The van der Waals surface area contributed by atoms with Crippen molar-refractivity contribution in [2.75, 3.05) is 23.8 Å². The summed E-state index contributed by atoms with van der Waals surface area (Å²) in [7, 11) is 0. The highest BCUT2D eigenvalue weighted by atomic mass is 16.5. The van der Waals surface area contributed by atoms with E-state index in [2.05, 4.69) is 25.6 Å². The summed E-state index contributed by atoms with van der Waals surface area (Å²) in [5.41, 5.74) is 2.88. The van der Waals surface area contributed by atoms with Gasteiger partial charge < -0.3 is 20.8 Å². The quantitative estimate of drug-likeness (QED) is 0.664. The van der Waals surface area contributed by atoms with E-state index in [9.17, 15) is 4.79 Å². The highest BCUT2D eigenvalue weighted by Crippen LogP contribution is 2.35. The molecule has 1 aliphatic heterocycles. The van der Waals surface area contributed by atoms with Crippen molar-refractivity contribution in [2.24, 2.45) is 5.92 Å². The number of ether oxygens (including phenoxy) is 1. The lowest BCUT2D eigenvalue weighted by Crippen LogP contribution is -2.12. The van der Waals surface area contributed by atoms with E-state index in [0.717, 1.165) is 43.0 Å². The number of rotatable bonds is 6. The second-order valence-electron chi connectivity index (χ2n) is 7.42. The predicted octanol–water partition coefficient (Wildman–Crippen LogP) is 3.16. The molecule has 0 radical (unpaired) electrons. The van der Waals surface area contributed by atoms with Crippen LogP contribution in [0.25, 0.3) is 0 Å². The SMILES string of the molecule is CC(=O)Nc1cc(Nc2cc(C)nc(C3CCOC3)n2)c(C(=N)C2CC2)cn1. The fourth-order valence-corrected chi connectivity index (χ4v) is 3.33. The summed E-state index contributed by atoms with van der Waals surface area (Å²) in [6, 6.07) is 3.63. The molecule has 0 spiro atoms. The van der Waals surface area contributed by atoms with E-state index in [1.807, 2.05) is 13.0 Å². The Hall–Kier alpha value is -2.87. The van der Waals surface area contributed by atoms with Crippen LogP contribution in [-0.2, 0) is 9.53 Å². The van der Waals surface area contributed by atoms with Gasteiger partial charge >= 0.3 is 0 Å². The van der Waals surface area contributed by atoms with E-state index in [-0.39, 0.29) is 17.7 Å². The summed E-state index contributed by atoms with van der Waals surface area (Å²) in [5, 5.41) is 14.5. The molecular weight excluding hydrogens is 356 g/mol. The van der Waals surface area contributed by atoms with Crippen molar-refractivity contribution in [3.63, 3.8) is 0 Å². The van der Waals surface area contributed by atoms with Crippen molar-refractivity contribution in [1.82, 2.24) is 15.0 Å². The third-order valence-corrected chi connectivity index (χ3v) is 4.91. The topological polar surface area (TPSA) is 113 Å². The van der Waals surface area contributed by atoms with E-state index in [1.165, 1.54) is 6.92 Å². The number of amides is 1. The van der Waals surface area contributed by atoms with Crippen LogP contribution in [0, 0.1) is 18.3 Å². The lowest BCUT2D eigenvalue weighted by Gasteiger charge is -2.15. The molecule has 1 unspecified atom stereocenters. The molecule has 4 rings (SSSR count). The second-order valence-corrected chi connectivity index (χ2v) is 7.42. The summed E-state index contributed by atoms with van der Waals surface area (Å²) in [4.78, 5) is 24.9. The minimum Gasteiger partial charge on any atom is -0.381 e. The van der Waals surface area contributed by atoms with Gasteiger partial charge in [0.15, 0.2) is 0 Å². The number of nitrogens with zero attached hydrogens (tertiary/aromatic N) is 3. The van der Waals surface area contributed by atoms with Gasteiger partial charge in [0, 0.05) is 60.7 Å². The Balaban J connectivity index is 1.67. The molecule has 1 saturated carbocycles. The zero-order chi connectivity index (χ0) is 19.7. The summed E-state index contributed by atoms with van der Waals surface area (Å²) >= 11 is 0. The number of pyridine rings is 1. The van der Waals surface area contributed by atoms with Crippen LogP contribution in [0.2, 0.25) is 0 Å². The number of carbonyl (C=O) groups is 1. The first-order chi connectivity index (χ1) is 13.5. The molecule has 3 N–H and O–H groups in total. The van der Waals surface area contributed by atoms with Gasteiger partial charge in [-0.2, -0.15) is 0 Å². The molecule has 8 nitrogen and oxygen atoms in total. The van der Waals surface area contributed by atoms with Crippen molar-refractivity contribution in [3.05, 3.63) is 35.4 Å². The van der Waals surface area contributed by atoms with Crippen molar-refractivity contribution in [3.8, 4) is 0 Å². The highest BCUT2D eigenvalue weighted by Gasteiger charge is 2.29. The van der Waals surface area contributed by atoms with Gasteiger partial charge in [0.05, 0.1) is 12.3 Å². The molecule has 1 atom stereocenters. The summed E-state index contributed by atoms with van der Waals surface area (Å²) < 4.78 is 5.47. The molecule has 28 heavy (non-hydrogen) atoms. The van der Waals surface area contributed by atoms with E-state index in [1.54, 1.807) is 12.3 Å². The van der Waals surface area contributed by atoms with Gasteiger partial charge in [-0.25, -0.2) is 15.0 Å². The minimum atomic E-state index is -0.190. The van der Waals surface area contributed by atoms with Crippen LogP contribution in [0.4, 0.5) is 17.3 Å². The molecule has 146 valence electrons. The number of carbonyl (C=O) groups excluding carboxylic acids is 1. The monoisotopic (exact) mass is 380 g/mol. The van der Waals surface area contributed by atoms with Gasteiger partial charge in [-0.15, -0.1) is 0 Å². The maximum Gasteiger partial charge on any atom is 0.222 e. The number of aryl methyl sites for hydroxylation is 1. The molecule has 1 saturated heterocycles. The van der Waals surface area contributed by atoms with E-state index < -0.39 is 0 Å². The standard InChI is InChI=1S/C20H24N6O2/c1-11-7-18(26-20(23-11)14-5-6-28-10-14)25-16-8-17(24-12(2)27)22-9-15(16)19(21)13-3-4-13/h7-9,13-14,21H,3-6,10H2,1-2H3,(H2,22,23,24,25,26,27). The Bertz CT molecular complexity index is 919. The number of hydrogen-bond donors (Lipinski definition) is 3. The van der Waals surface area contributed by atoms with Gasteiger partial charge in [-0.3, -0.25) is 4.79 Å². The Morgan fingerprint density at radius 2 is 2.04 bits per heavy atom. The number of hydrogen-bond acceptors (Lipinski definition) is 7. The molecule has 0 bridgehead atoms. The lowest BCUT2D eigenvalue weighted by atomic mass is 10.1. The zero-order valence-corrected chi connectivity index (χ0v) is 16.1. The Morgan fingerprint density at radius 1 is 1.21 bits per heavy atom. The highest BCUT2D eigenvalue weighted by molar-refractivity contribution is 6.06. The first-order valence-electron chi connectivity index (χ1n) is 9.56. The Kier molecular flexibility index (Phi) is 5.04. The molecule has 3 heterocycles. The Labute approximate surface area is 163 Å². The van der Waals surface area contributed by atoms with E-state index >= 15 is 0 Å². The molecule has 2 aromatic heterocycles. The normalized spacial score (nSPS) is 18.7. The van der Waals surface area contributed by atoms with Gasteiger partial charge in [0.25, 0.3) is 0 Å². The van der Waals surface area contributed by atoms with Crippen LogP contribution < -0.4 is 10.6 Å². The van der Waals surface area contributed by atoms with Crippen LogP contribution in [0.1, 0.15) is 49.2 Å². The molecule has 1 amide bonds. The van der Waals surface area contributed by atoms with Crippen LogP contribution in [0.15, 0.2) is 18.3 Å². The third-order valence-electron chi connectivity index (χ3n) is 4.91. The molecule has 2 aliphatic rings. The first kappa shape index (κ1) is 18.5. The van der Waals surface area contributed by atoms with E-state index in [4.69, 9.17) is 10.1 Å². The summed E-state index contributed by atoms with van der Waals surface area (Å²) in [6.45, 7) is 4.76. The number of aromatic nitrogens is 3. The van der Waals surface area contributed by atoms with Crippen LogP contribution in [0.3, 0.4) is 0 Å². The molecule has 2 fully saturated rings. The van der Waals surface area contributed by atoms with Gasteiger partial charge in [0.2, 0.25) is 5.91 Å². The van der Waals surface area contributed by atoms with Crippen LogP contribution in [-0.4, -0.2) is 39.8 Å². The van der Waals surface area contributed by atoms with Crippen molar-refractivity contribution in [2.45, 2.75) is 39.0 Å². The average molecular weight is 380 g/mol. The molecule has 2 aromatic rings. The van der Waals surface area contributed by atoms with E-state index in [0.29, 0.717) is 29.6 Å². The van der Waals surface area contributed by atoms with Gasteiger partial charge in [-0.1, -0.05) is 0 Å². The van der Waals surface area contributed by atoms with Gasteiger partial charge in [0.1, 0.15) is 17.5 Å². The number of nitrogens with one attached hydrogen (secondary N) is 3. The fourth-order valence-electron chi connectivity index (χ4n) is 3.33. The molecule has 8 heteroatoms. The van der Waals surface area contributed by atoms with Gasteiger partial charge in [-0.05, 0) is 26.2 Å². The summed E-state index contributed by atoms with van der Waals surface area (Å²) in [6.07, 6.45) is 4.63. The Morgan fingerprint density at radius 3 is 2.71 bits per heavy atom. The van der Waals surface area contributed by atoms with Crippen molar-refractivity contribution in [1.29, 1.82) is 5.41 Å². The second kappa shape index (κ2) is 7.63. The van der Waals surface area contributed by atoms with Crippen LogP contribution >= 0.6 is 0 Å². The van der Waals surface area contributed by atoms with Crippen molar-refractivity contribution >= 4 is 28.9 Å². The lowest BCUT2D eigenvalue weighted by molar-refractivity contribution is -0.114. The number of anilines is 3. The smallest absolute Gasteiger partial charge is 0.222 e. The molecule has 1 aliphatic carbocycles. The zero-order valence-electron chi connectivity index (χ0n) is 16.1. The van der Waals surface area contributed by atoms with Crippen molar-refractivity contribution < 1.29 is 9.53 Å². The molecule has 0 aromatic carbocycles.